The second-order valence-corrected chi connectivity index (χ2v) is 14.4. The van der Waals surface area contributed by atoms with Crippen LogP contribution in [0.3, 0.4) is 0 Å². The first-order valence-corrected chi connectivity index (χ1v) is 18.2. The summed E-state index contributed by atoms with van der Waals surface area (Å²) in [6.45, 7) is 0. The number of hydrogen-bond acceptors (Lipinski definition) is 4. The number of nitrogens with one attached hydrogen (secondary N) is 1. The van der Waals surface area contributed by atoms with Crippen LogP contribution in [-0.2, 0) is 0 Å². The molecular formula is C46H29BN2OS. The van der Waals surface area contributed by atoms with Crippen molar-refractivity contribution in [3.05, 3.63) is 164 Å². The molecule has 0 spiro atoms. The predicted octanol–water partition coefficient (Wildman–Crippen LogP) is 11.5. The van der Waals surface area contributed by atoms with Gasteiger partial charge < -0.3 is 14.6 Å². The number of para-hydroxylation sites is 3. The van der Waals surface area contributed by atoms with Crippen molar-refractivity contribution >= 4 is 91.1 Å². The maximum Gasteiger partial charge on any atom is 0.198 e. The normalized spacial score (nSPS) is 12.7. The van der Waals surface area contributed by atoms with Crippen LogP contribution in [0.25, 0.3) is 55.0 Å². The molecular weight excluding hydrogens is 639 g/mol. The number of benzene rings is 8. The Balaban J connectivity index is 1.18. The number of anilines is 5. The van der Waals surface area contributed by atoms with E-state index in [0.717, 1.165) is 40.8 Å². The standard InChI is InChI=1S/C46H29BN2OS/c1-2-11-28(12-3-1)29-21-24-31(25-22-29)48-44-32-14-5-4-13-30(32)23-26-33(44)35-27-39-42(34-15-6-8-18-38(34)50-39)46-43(35)47-36-16-10-20-41-45(36)49(46)37-17-7-9-19-40(37)51-41/h1-27,47-48H. The molecule has 0 fully saturated rings. The average Bonchev–Trinajstić information content (AvgIpc) is 3.57. The number of hydrogen-bond donors (Lipinski definition) is 1. The zero-order chi connectivity index (χ0) is 33.5. The highest BCUT2D eigenvalue weighted by molar-refractivity contribution is 7.99. The molecule has 0 aliphatic carbocycles. The predicted molar refractivity (Wildman–Crippen MR) is 217 cm³/mol. The van der Waals surface area contributed by atoms with E-state index in [2.05, 4.69) is 174 Å². The summed E-state index contributed by atoms with van der Waals surface area (Å²) in [4.78, 5) is 5.07. The van der Waals surface area contributed by atoms with Gasteiger partial charge >= 0.3 is 0 Å². The second-order valence-electron chi connectivity index (χ2n) is 13.3. The molecule has 0 atom stereocenters. The van der Waals surface area contributed by atoms with Crippen molar-refractivity contribution in [2.75, 3.05) is 10.2 Å². The minimum atomic E-state index is 0.820. The van der Waals surface area contributed by atoms with Crippen LogP contribution in [0.15, 0.2) is 178 Å². The van der Waals surface area contributed by atoms with E-state index in [4.69, 9.17) is 4.42 Å². The molecule has 0 bridgehead atoms. The summed E-state index contributed by atoms with van der Waals surface area (Å²) in [5.41, 5.74) is 15.0. The molecule has 51 heavy (non-hydrogen) atoms. The average molecular weight is 669 g/mol. The lowest BCUT2D eigenvalue weighted by atomic mass is 9.57. The van der Waals surface area contributed by atoms with E-state index in [1.54, 1.807) is 0 Å². The molecule has 238 valence electrons. The molecule has 11 rings (SSSR count). The van der Waals surface area contributed by atoms with Crippen LogP contribution in [0.5, 0.6) is 0 Å². The minimum absolute atomic E-state index is 0.820. The van der Waals surface area contributed by atoms with Crippen LogP contribution < -0.4 is 21.1 Å². The van der Waals surface area contributed by atoms with E-state index < -0.39 is 0 Å². The third kappa shape index (κ3) is 4.41. The first-order valence-electron chi connectivity index (χ1n) is 17.4. The van der Waals surface area contributed by atoms with Crippen molar-refractivity contribution in [1.82, 2.24) is 0 Å². The van der Waals surface area contributed by atoms with E-state index in [9.17, 15) is 0 Å². The van der Waals surface area contributed by atoms with Crippen LogP contribution in [0.4, 0.5) is 28.4 Å². The van der Waals surface area contributed by atoms with Crippen LogP contribution in [-0.4, -0.2) is 7.28 Å². The number of rotatable bonds is 4. The number of furan rings is 1. The van der Waals surface area contributed by atoms with Crippen molar-refractivity contribution in [2.45, 2.75) is 9.79 Å². The molecule has 1 N–H and O–H groups in total. The summed E-state index contributed by atoms with van der Waals surface area (Å²) in [6.07, 6.45) is 0. The Morgan fingerprint density at radius 2 is 1.29 bits per heavy atom. The molecule has 3 nitrogen and oxygen atoms in total. The highest BCUT2D eigenvalue weighted by atomic mass is 32.2. The molecule has 0 radical (unpaired) electrons. The Morgan fingerprint density at radius 1 is 0.549 bits per heavy atom. The number of nitrogens with zero attached hydrogens (tertiary/aromatic N) is 1. The monoisotopic (exact) mass is 668 g/mol. The Hall–Kier alpha value is -6.17. The van der Waals surface area contributed by atoms with Crippen molar-refractivity contribution < 1.29 is 4.42 Å². The lowest BCUT2D eigenvalue weighted by Crippen LogP contribution is -2.42. The fourth-order valence-electron chi connectivity index (χ4n) is 8.16. The largest absolute Gasteiger partial charge is 0.456 e. The minimum Gasteiger partial charge on any atom is -0.456 e. The Kier molecular flexibility index (Phi) is 6.28. The summed E-state index contributed by atoms with van der Waals surface area (Å²) in [7, 11) is 0.820. The van der Waals surface area contributed by atoms with Gasteiger partial charge in [0.05, 0.1) is 28.1 Å². The van der Waals surface area contributed by atoms with Crippen LogP contribution in [0.1, 0.15) is 0 Å². The lowest BCUT2D eigenvalue weighted by Gasteiger charge is -2.40. The molecule has 0 saturated carbocycles. The SMILES string of the molecule is B1c2cccc3c2N(c2ccccc2S3)c2c1c(-c1ccc3ccccc3c1Nc1ccc(-c3ccccc3)cc1)cc1oc3ccccc3c21. The quantitative estimate of drug-likeness (QED) is 0.189. The van der Waals surface area contributed by atoms with Gasteiger partial charge in [0.25, 0.3) is 0 Å². The van der Waals surface area contributed by atoms with Crippen molar-refractivity contribution in [3.8, 4) is 22.3 Å². The maximum absolute atomic E-state index is 6.75. The van der Waals surface area contributed by atoms with Gasteiger partial charge in [0.1, 0.15) is 11.2 Å². The van der Waals surface area contributed by atoms with Crippen LogP contribution >= 0.6 is 11.8 Å². The van der Waals surface area contributed by atoms with Crippen molar-refractivity contribution in [3.63, 3.8) is 0 Å². The third-order valence-corrected chi connectivity index (χ3v) is 11.6. The molecule has 0 unspecified atom stereocenters. The van der Waals surface area contributed by atoms with Crippen LogP contribution in [0.2, 0.25) is 0 Å². The van der Waals surface area contributed by atoms with Gasteiger partial charge in [0.15, 0.2) is 7.28 Å². The molecule has 0 amide bonds. The molecule has 0 saturated heterocycles. The number of fused-ring (bicyclic) bond motifs is 9. The van der Waals surface area contributed by atoms with Gasteiger partial charge in [-0.05, 0) is 70.0 Å². The van der Waals surface area contributed by atoms with Gasteiger partial charge in [0.2, 0.25) is 0 Å². The van der Waals surface area contributed by atoms with Gasteiger partial charge in [0, 0.05) is 31.8 Å². The van der Waals surface area contributed by atoms with Gasteiger partial charge in [-0.15, -0.1) is 0 Å². The molecule has 8 aromatic carbocycles. The van der Waals surface area contributed by atoms with E-state index >= 15 is 0 Å². The fraction of sp³-hybridized carbons (Fsp3) is 0. The van der Waals surface area contributed by atoms with Gasteiger partial charge in [-0.25, -0.2) is 0 Å². The summed E-state index contributed by atoms with van der Waals surface area (Å²) in [6, 6.07) is 58.9. The topological polar surface area (TPSA) is 28.4 Å². The van der Waals surface area contributed by atoms with Crippen molar-refractivity contribution in [2.24, 2.45) is 0 Å². The zero-order valence-corrected chi connectivity index (χ0v) is 28.4. The smallest absolute Gasteiger partial charge is 0.198 e. The van der Waals surface area contributed by atoms with E-state index in [0.29, 0.717) is 0 Å². The van der Waals surface area contributed by atoms with E-state index in [-0.39, 0.29) is 0 Å². The zero-order valence-electron chi connectivity index (χ0n) is 27.6. The first kappa shape index (κ1) is 28.7. The van der Waals surface area contributed by atoms with Crippen molar-refractivity contribution in [1.29, 1.82) is 0 Å². The summed E-state index contributed by atoms with van der Waals surface area (Å²) in [5, 5.41) is 8.59. The molecule has 2 aliphatic rings. The molecule has 9 aromatic rings. The van der Waals surface area contributed by atoms with Gasteiger partial charge in [-0.3, -0.25) is 0 Å². The maximum atomic E-state index is 6.75. The molecule has 5 heteroatoms. The Bertz CT molecular complexity index is 2840. The molecule has 2 aliphatic heterocycles. The highest BCUT2D eigenvalue weighted by Gasteiger charge is 2.36. The fourth-order valence-corrected chi connectivity index (χ4v) is 9.27. The Morgan fingerprint density at radius 3 is 2.20 bits per heavy atom. The third-order valence-electron chi connectivity index (χ3n) is 10.4. The summed E-state index contributed by atoms with van der Waals surface area (Å²) >= 11 is 1.87. The second kappa shape index (κ2) is 11.2. The highest BCUT2D eigenvalue weighted by Crippen LogP contribution is 2.54. The van der Waals surface area contributed by atoms with E-state index in [1.165, 1.54) is 70.6 Å². The first-order chi connectivity index (χ1) is 25.3. The lowest BCUT2D eigenvalue weighted by molar-refractivity contribution is 0.669. The van der Waals surface area contributed by atoms with Crippen LogP contribution in [0, 0.1) is 0 Å². The van der Waals surface area contributed by atoms with Gasteiger partial charge in [-0.1, -0.05) is 139 Å². The molecule has 3 heterocycles. The molecule has 1 aromatic heterocycles. The summed E-state index contributed by atoms with van der Waals surface area (Å²) in [5.74, 6) is 0. The summed E-state index contributed by atoms with van der Waals surface area (Å²) < 4.78 is 6.75. The van der Waals surface area contributed by atoms with E-state index in [1.807, 2.05) is 11.8 Å². The Labute approximate surface area is 300 Å². The van der Waals surface area contributed by atoms with Gasteiger partial charge in [-0.2, -0.15) is 0 Å².